The Morgan fingerprint density at radius 3 is 2.59 bits per heavy atom. The van der Waals surface area contributed by atoms with Crippen LogP contribution in [0.3, 0.4) is 0 Å². The van der Waals surface area contributed by atoms with Gasteiger partial charge in [0, 0.05) is 5.56 Å². The molecule has 6 nitrogen and oxygen atoms in total. The molecule has 214 valence electrons. The van der Waals surface area contributed by atoms with Gasteiger partial charge in [0.15, 0.2) is 0 Å². The Hall–Kier alpha value is -0.830. The average molecular weight is 571 g/mol. The quantitative estimate of drug-likeness (QED) is 0.134. The molecule has 3 unspecified atom stereocenters. The fourth-order valence-corrected chi connectivity index (χ4v) is 7.92. The third-order valence-corrected chi connectivity index (χ3v) is 10.1. The third-order valence-electron chi connectivity index (χ3n) is 9.61. The summed E-state index contributed by atoms with van der Waals surface area (Å²) in [6.45, 7) is 13.3. The third kappa shape index (κ3) is 9.08. The normalized spacial score (nSPS) is 26.6. The Bertz CT molecular complexity index is 1140. The van der Waals surface area contributed by atoms with Gasteiger partial charge in [-0.15, -0.1) is 0 Å². The van der Waals surface area contributed by atoms with E-state index in [2.05, 4.69) is 33.8 Å². The number of phenols is 2. The fraction of sp³-hybridized carbons (Fsp3) is 0.677. The van der Waals surface area contributed by atoms with Gasteiger partial charge in [-0.25, -0.2) is 8.42 Å². The summed E-state index contributed by atoms with van der Waals surface area (Å²) < 4.78 is 40.5. The van der Waals surface area contributed by atoms with Crippen LogP contribution in [0.15, 0.2) is 41.5 Å². The maximum absolute atomic E-state index is 11.7. The molecule has 0 saturated heterocycles. The molecule has 2 aliphatic carbocycles. The first-order valence-electron chi connectivity index (χ1n) is 14.1. The number of allylic oxidation sites excluding steroid dienone is 4. The maximum atomic E-state index is 11.7. The molecule has 0 aromatic heterocycles. The van der Waals surface area contributed by atoms with Crippen LogP contribution in [0.4, 0.5) is 0 Å². The van der Waals surface area contributed by atoms with Crippen molar-refractivity contribution < 1.29 is 56.9 Å². The van der Waals surface area contributed by atoms with E-state index in [1.54, 1.807) is 6.07 Å². The van der Waals surface area contributed by atoms with E-state index in [1.165, 1.54) is 24.1 Å². The van der Waals surface area contributed by atoms with E-state index in [-0.39, 0.29) is 63.7 Å². The predicted octanol–water partition coefficient (Wildman–Crippen LogP) is 4.43. The predicted molar refractivity (Wildman–Crippen MR) is 151 cm³/mol. The van der Waals surface area contributed by atoms with Crippen molar-refractivity contribution >= 4 is 10.4 Å². The number of hydrogen-bond donors (Lipinski definition) is 2. The molecule has 39 heavy (non-hydrogen) atoms. The van der Waals surface area contributed by atoms with Crippen LogP contribution >= 0.6 is 0 Å². The van der Waals surface area contributed by atoms with Gasteiger partial charge in [0.05, 0.1) is 6.10 Å². The van der Waals surface area contributed by atoms with Crippen LogP contribution in [0.25, 0.3) is 0 Å². The Morgan fingerprint density at radius 2 is 1.92 bits per heavy atom. The SMILES string of the molecule is CC1=CCC2C(C)(C)CCC[C@]2(C)[C@H]1CC(OS(=O)(=O)[O-])C(C)CCC/C(C)=C/Cc1cc(O)ccc1O.[Na+]. The fourth-order valence-electron chi connectivity index (χ4n) is 7.35. The number of fused-ring (bicyclic) bond motifs is 1. The molecule has 0 bridgehead atoms. The molecule has 8 heteroatoms. The molecular formula is C31H47NaO6S. The van der Waals surface area contributed by atoms with Gasteiger partial charge < -0.3 is 14.8 Å². The van der Waals surface area contributed by atoms with Crippen LogP contribution in [0.2, 0.25) is 0 Å². The van der Waals surface area contributed by atoms with Crippen LogP contribution < -0.4 is 29.6 Å². The number of hydrogen-bond acceptors (Lipinski definition) is 6. The van der Waals surface area contributed by atoms with Gasteiger partial charge in [0.25, 0.3) is 0 Å². The Morgan fingerprint density at radius 1 is 1.23 bits per heavy atom. The van der Waals surface area contributed by atoms with E-state index in [9.17, 15) is 23.2 Å². The van der Waals surface area contributed by atoms with E-state index in [0.29, 0.717) is 24.3 Å². The Kier molecular flexibility index (Phi) is 12.2. The minimum atomic E-state index is -4.82. The average Bonchev–Trinajstić information content (AvgIpc) is 2.79. The zero-order valence-electron chi connectivity index (χ0n) is 25.0. The minimum absolute atomic E-state index is 0. The zero-order chi connectivity index (χ0) is 28.3. The number of aromatic hydroxyl groups is 2. The van der Waals surface area contributed by atoms with Crippen LogP contribution in [-0.2, 0) is 21.0 Å². The largest absolute Gasteiger partial charge is 1.00 e. The summed E-state index contributed by atoms with van der Waals surface area (Å²) >= 11 is 0. The van der Waals surface area contributed by atoms with E-state index < -0.39 is 16.5 Å². The summed E-state index contributed by atoms with van der Waals surface area (Å²) in [6.07, 6.45) is 11.7. The maximum Gasteiger partial charge on any atom is 1.00 e. The van der Waals surface area contributed by atoms with Crippen molar-refractivity contribution in [3.8, 4) is 11.5 Å². The first-order chi connectivity index (χ1) is 17.6. The Balaban J connectivity index is 0.00000533. The van der Waals surface area contributed by atoms with Crippen molar-refractivity contribution in [2.75, 3.05) is 0 Å². The standard InChI is InChI=1S/C31H48O6S.Na/c1-21(11-13-24-19-25(32)14-15-27(24)33)9-7-10-23(3)28(37-38(34,35)36)20-26-22(2)12-16-29-30(4,5)17-8-18-31(26,29)6;/h11-12,14-15,19,23,26,28-29,32-33H,7-10,13,16-18,20H2,1-6H3,(H,34,35,36);/q;+1/p-1/b21-11+;/t23?,26-,28?,29?,31+;/m0./s1. The summed E-state index contributed by atoms with van der Waals surface area (Å²) in [5.41, 5.74) is 3.40. The number of phenolic OH excluding ortho intramolecular Hbond substituents is 2. The molecule has 3 rings (SSSR count). The van der Waals surface area contributed by atoms with Gasteiger partial charge in [0.2, 0.25) is 10.4 Å². The van der Waals surface area contributed by atoms with Gasteiger partial charge in [0.1, 0.15) is 11.5 Å². The number of rotatable bonds is 11. The molecule has 0 radical (unpaired) electrons. The van der Waals surface area contributed by atoms with Crippen LogP contribution in [0.5, 0.6) is 11.5 Å². The van der Waals surface area contributed by atoms with Crippen molar-refractivity contribution in [3.63, 3.8) is 0 Å². The van der Waals surface area contributed by atoms with Crippen molar-refractivity contribution in [2.45, 2.75) is 105 Å². The first-order valence-corrected chi connectivity index (χ1v) is 15.4. The van der Waals surface area contributed by atoms with Crippen LogP contribution in [-0.4, -0.2) is 29.3 Å². The zero-order valence-corrected chi connectivity index (χ0v) is 27.8. The van der Waals surface area contributed by atoms with Gasteiger partial charge in [-0.05, 0) is 112 Å². The van der Waals surface area contributed by atoms with Gasteiger partial charge in [-0.1, -0.05) is 57.4 Å². The second-order valence-electron chi connectivity index (χ2n) is 12.9. The van der Waals surface area contributed by atoms with Gasteiger partial charge in [-0.3, -0.25) is 4.18 Å². The van der Waals surface area contributed by atoms with E-state index in [0.717, 1.165) is 44.1 Å². The second kappa shape index (κ2) is 13.9. The smallest absolute Gasteiger partial charge is 0.726 e. The Labute approximate surface area is 258 Å². The molecule has 1 fully saturated rings. The molecule has 5 atom stereocenters. The summed E-state index contributed by atoms with van der Waals surface area (Å²) in [7, 11) is -4.82. The van der Waals surface area contributed by atoms with E-state index >= 15 is 0 Å². The molecular weight excluding hydrogens is 523 g/mol. The van der Waals surface area contributed by atoms with Crippen LogP contribution in [0.1, 0.15) is 98.5 Å². The molecule has 1 aromatic rings. The molecule has 0 amide bonds. The molecule has 0 aliphatic heterocycles. The summed E-state index contributed by atoms with van der Waals surface area (Å²) in [4.78, 5) is 0. The first kappa shape index (κ1) is 34.4. The molecule has 0 spiro atoms. The van der Waals surface area contributed by atoms with Crippen LogP contribution in [0, 0.1) is 28.6 Å². The summed E-state index contributed by atoms with van der Waals surface area (Å²) in [5.74, 6) is 0.901. The molecule has 0 heterocycles. The minimum Gasteiger partial charge on any atom is -0.726 e. The topological polar surface area (TPSA) is 107 Å². The van der Waals surface area contributed by atoms with Crippen molar-refractivity contribution in [1.29, 1.82) is 0 Å². The monoisotopic (exact) mass is 570 g/mol. The summed E-state index contributed by atoms with van der Waals surface area (Å²) in [5, 5.41) is 19.7. The van der Waals surface area contributed by atoms with Crippen molar-refractivity contribution in [3.05, 3.63) is 47.1 Å². The van der Waals surface area contributed by atoms with Gasteiger partial charge in [-0.2, -0.15) is 0 Å². The molecule has 2 N–H and O–H groups in total. The van der Waals surface area contributed by atoms with E-state index in [4.69, 9.17) is 4.18 Å². The molecule has 1 aromatic carbocycles. The van der Waals surface area contributed by atoms with Crippen molar-refractivity contribution in [2.24, 2.45) is 28.6 Å². The number of benzene rings is 1. The van der Waals surface area contributed by atoms with E-state index in [1.807, 2.05) is 19.9 Å². The summed E-state index contributed by atoms with van der Waals surface area (Å²) in [6, 6.07) is 4.50. The van der Waals surface area contributed by atoms with Gasteiger partial charge >= 0.3 is 29.6 Å². The van der Waals surface area contributed by atoms with Crippen molar-refractivity contribution in [1.82, 2.24) is 0 Å². The second-order valence-corrected chi connectivity index (χ2v) is 13.9. The molecule has 1 saturated carbocycles. The molecule has 2 aliphatic rings.